The van der Waals surface area contributed by atoms with Crippen molar-refractivity contribution < 1.29 is 32.8 Å². The fourth-order valence-corrected chi connectivity index (χ4v) is 7.53. The zero-order valence-electron chi connectivity index (χ0n) is 27.2. The Kier molecular flexibility index (Phi) is 12.5. The number of imidazole rings is 1. The number of aldehydes is 1. The topological polar surface area (TPSA) is 177 Å². The Balaban J connectivity index is 1.45. The summed E-state index contributed by atoms with van der Waals surface area (Å²) in [7, 11) is -4.27. The van der Waals surface area contributed by atoms with E-state index >= 15 is 0 Å². The van der Waals surface area contributed by atoms with Crippen LogP contribution in [0.3, 0.4) is 0 Å². The van der Waals surface area contributed by atoms with Gasteiger partial charge in [0.25, 0.3) is 15.9 Å². The quantitative estimate of drug-likeness (QED) is 0.0766. The third-order valence-electron chi connectivity index (χ3n) is 8.52. The molecule has 0 saturated heterocycles. The van der Waals surface area contributed by atoms with Crippen LogP contribution in [-0.2, 0) is 37.4 Å². The lowest BCUT2D eigenvalue weighted by molar-refractivity contribution is -0.141. The molecule has 1 aliphatic rings. The molecule has 3 atom stereocenters. The van der Waals surface area contributed by atoms with E-state index in [1.54, 1.807) is 34.9 Å². The monoisotopic (exact) mass is 699 g/mol. The Bertz CT molecular complexity index is 1740. The lowest BCUT2D eigenvalue weighted by atomic mass is 9.95. The van der Waals surface area contributed by atoms with Gasteiger partial charge in [-0.15, -0.1) is 0 Å². The summed E-state index contributed by atoms with van der Waals surface area (Å²) >= 11 is 6.22. The van der Waals surface area contributed by atoms with E-state index in [-0.39, 0.29) is 28.8 Å². The van der Waals surface area contributed by atoms with Gasteiger partial charge in [0, 0.05) is 30.5 Å². The van der Waals surface area contributed by atoms with Crippen LogP contribution in [0.4, 0.5) is 0 Å². The van der Waals surface area contributed by atoms with Gasteiger partial charge in [0.1, 0.15) is 17.4 Å². The van der Waals surface area contributed by atoms with Crippen LogP contribution in [-0.4, -0.2) is 53.2 Å². The van der Waals surface area contributed by atoms with Crippen molar-refractivity contribution in [1.82, 2.24) is 25.1 Å². The number of hydroxylamine groups is 1. The average molecular weight is 700 g/mol. The Morgan fingerprint density at radius 1 is 1.08 bits per heavy atom. The molecule has 14 heteroatoms. The maximum absolute atomic E-state index is 13.5. The number of rotatable bonds is 15. The summed E-state index contributed by atoms with van der Waals surface area (Å²) in [6, 6.07) is 13.2. The molecule has 1 unspecified atom stereocenters. The van der Waals surface area contributed by atoms with Crippen LogP contribution in [0, 0.1) is 17.8 Å². The second-order valence-corrected chi connectivity index (χ2v) is 14.6. The molecule has 48 heavy (non-hydrogen) atoms. The number of aryl methyl sites for hydroxylation is 1. The van der Waals surface area contributed by atoms with Gasteiger partial charge in [-0.1, -0.05) is 81.3 Å². The number of unbranched alkanes of at least 4 members (excludes halogenated alkanes) is 1. The fourth-order valence-electron chi connectivity index (χ4n) is 6.01. The SMILES string of the molecule is CCCCc1nc(Cl)c(C=O)n1Cc1ccc(-c2ccccc2S(=O)(=O)NC(=O)[C@H]2CC[C@@H](NC(=O)C(CC(C)C)C(=O)NO)C2)cc1. The van der Waals surface area contributed by atoms with Gasteiger partial charge < -0.3 is 9.88 Å². The van der Waals surface area contributed by atoms with Gasteiger partial charge in [-0.2, -0.15) is 0 Å². The number of carbonyl (C=O) groups is 4. The number of benzene rings is 2. The van der Waals surface area contributed by atoms with E-state index in [1.807, 2.05) is 26.0 Å². The molecule has 0 radical (unpaired) electrons. The minimum atomic E-state index is -4.27. The van der Waals surface area contributed by atoms with Crippen LogP contribution >= 0.6 is 11.6 Å². The number of amides is 3. The molecule has 258 valence electrons. The van der Waals surface area contributed by atoms with Gasteiger partial charge in [-0.3, -0.25) is 24.4 Å². The van der Waals surface area contributed by atoms with E-state index in [4.69, 9.17) is 16.8 Å². The van der Waals surface area contributed by atoms with Gasteiger partial charge in [0.05, 0.1) is 4.90 Å². The van der Waals surface area contributed by atoms with Crippen LogP contribution in [0.2, 0.25) is 5.15 Å². The van der Waals surface area contributed by atoms with E-state index in [2.05, 4.69) is 21.9 Å². The average Bonchev–Trinajstić information content (AvgIpc) is 3.65. The Hall–Kier alpha value is -4.07. The first-order chi connectivity index (χ1) is 22.9. The van der Waals surface area contributed by atoms with Crippen molar-refractivity contribution in [3.8, 4) is 11.1 Å². The van der Waals surface area contributed by atoms with Crippen molar-refractivity contribution in [2.75, 3.05) is 0 Å². The lowest BCUT2D eigenvalue weighted by Crippen LogP contribution is -2.44. The molecule has 0 bridgehead atoms. The highest BCUT2D eigenvalue weighted by molar-refractivity contribution is 7.90. The number of hydrogen-bond acceptors (Lipinski definition) is 8. The first-order valence-electron chi connectivity index (χ1n) is 16.1. The highest BCUT2D eigenvalue weighted by atomic mass is 35.5. The molecule has 1 aromatic heterocycles. The summed E-state index contributed by atoms with van der Waals surface area (Å²) in [4.78, 5) is 54.0. The molecule has 3 amide bonds. The van der Waals surface area contributed by atoms with Gasteiger partial charge in [-0.25, -0.2) is 23.6 Å². The summed E-state index contributed by atoms with van der Waals surface area (Å²) in [6.07, 6.45) is 4.45. The molecule has 1 saturated carbocycles. The number of carbonyl (C=O) groups excluding carboxylic acids is 4. The molecule has 4 N–H and O–H groups in total. The van der Waals surface area contributed by atoms with Crippen molar-refractivity contribution in [3.63, 3.8) is 0 Å². The molecular weight excluding hydrogens is 658 g/mol. The normalized spacial score (nSPS) is 16.8. The third-order valence-corrected chi connectivity index (χ3v) is 10.2. The van der Waals surface area contributed by atoms with Crippen LogP contribution in [0.25, 0.3) is 11.1 Å². The van der Waals surface area contributed by atoms with Crippen LogP contribution in [0.5, 0.6) is 0 Å². The predicted octanol–water partition coefficient (Wildman–Crippen LogP) is 4.66. The van der Waals surface area contributed by atoms with Crippen molar-refractivity contribution in [1.29, 1.82) is 0 Å². The Labute approximate surface area is 285 Å². The van der Waals surface area contributed by atoms with E-state index in [0.717, 1.165) is 24.2 Å². The molecule has 0 spiro atoms. The smallest absolute Gasteiger partial charge is 0.264 e. The second-order valence-electron chi connectivity index (χ2n) is 12.5. The zero-order valence-corrected chi connectivity index (χ0v) is 28.8. The predicted molar refractivity (Wildman–Crippen MR) is 180 cm³/mol. The lowest BCUT2D eigenvalue weighted by Gasteiger charge is -2.20. The minimum Gasteiger partial charge on any atom is -0.353 e. The van der Waals surface area contributed by atoms with Gasteiger partial charge in [0.2, 0.25) is 11.8 Å². The van der Waals surface area contributed by atoms with Crippen molar-refractivity contribution in [2.45, 2.75) is 83.2 Å². The summed E-state index contributed by atoms with van der Waals surface area (Å²) in [5, 5.41) is 12.0. The van der Waals surface area contributed by atoms with Crippen LogP contribution in [0.15, 0.2) is 53.4 Å². The fraction of sp³-hybridized carbons (Fsp3) is 0.441. The van der Waals surface area contributed by atoms with Gasteiger partial charge >= 0.3 is 0 Å². The number of sulfonamides is 1. The van der Waals surface area contributed by atoms with E-state index in [0.29, 0.717) is 48.9 Å². The molecule has 12 nitrogen and oxygen atoms in total. The number of aromatic nitrogens is 2. The zero-order chi connectivity index (χ0) is 35.0. The summed E-state index contributed by atoms with van der Waals surface area (Å²) < 4.78 is 31.1. The second kappa shape index (κ2) is 16.4. The number of nitrogens with one attached hydrogen (secondary N) is 3. The standard InChI is InChI=1S/C34H42ClN5O7S/c1-4-5-10-30-37-31(35)28(20-41)40(30)19-22-11-13-23(14-12-22)26-8-6-7-9-29(26)48(46,47)39-32(42)24-15-16-25(18-24)36-33(43)27(17-21(2)3)34(44)38-45/h6-9,11-14,20-21,24-25,27,45H,4-5,10,15-19H2,1-3H3,(H,36,43)(H,38,44)(H,39,42)/t24-,25+,27?/m0/s1. The maximum atomic E-state index is 13.5. The molecule has 1 aliphatic carbocycles. The van der Waals surface area contributed by atoms with E-state index in [9.17, 15) is 27.6 Å². The number of hydrogen-bond donors (Lipinski definition) is 4. The summed E-state index contributed by atoms with van der Waals surface area (Å²) in [5.74, 6) is -3.04. The third kappa shape index (κ3) is 8.88. The maximum Gasteiger partial charge on any atom is 0.264 e. The first kappa shape index (κ1) is 36.8. The van der Waals surface area contributed by atoms with Gasteiger partial charge in [-0.05, 0) is 55.2 Å². The molecule has 1 fully saturated rings. The number of nitrogens with zero attached hydrogens (tertiary/aromatic N) is 2. The van der Waals surface area contributed by atoms with Crippen molar-refractivity contribution in [3.05, 3.63) is 70.8 Å². The molecule has 0 aliphatic heterocycles. The molecule has 3 aromatic rings. The van der Waals surface area contributed by atoms with E-state index < -0.39 is 45.6 Å². The van der Waals surface area contributed by atoms with Crippen molar-refractivity contribution in [2.24, 2.45) is 17.8 Å². The van der Waals surface area contributed by atoms with Crippen LogP contribution < -0.4 is 15.5 Å². The Morgan fingerprint density at radius 2 is 1.79 bits per heavy atom. The molecular formula is C34H42ClN5O7S. The molecule has 2 aromatic carbocycles. The van der Waals surface area contributed by atoms with Crippen LogP contribution in [0.1, 0.15) is 81.2 Å². The molecule has 4 rings (SSSR count). The Morgan fingerprint density at radius 3 is 2.44 bits per heavy atom. The van der Waals surface area contributed by atoms with Crippen molar-refractivity contribution >= 4 is 45.6 Å². The number of halogens is 1. The summed E-state index contributed by atoms with van der Waals surface area (Å²) in [6.45, 7) is 6.13. The van der Waals surface area contributed by atoms with Gasteiger partial charge in [0.15, 0.2) is 11.4 Å². The highest BCUT2D eigenvalue weighted by Gasteiger charge is 2.36. The highest BCUT2D eigenvalue weighted by Crippen LogP contribution is 2.30. The summed E-state index contributed by atoms with van der Waals surface area (Å²) in [5.41, 5.74) is 3.72. The first-order valence-corrected chi connectivity index (χ1v) is 17.9. The molecule has 1 heterocycles. The minimum absolute atomic E-state index is 0.0216. The van der Waals surface area contributed by atoms with E-state index in [1.165, 1.54) is 11.5 Å². The largest absolute Gasteiger partial charge is 0.353 e.